The summed E-state index contributed by atoms with van der Waals surface area (Å²) in [7, 11) is 0. The van der Waals surface area contributed by atoms with Crippen LogP contribution >= 0.6 is 0 Å². The molecular weight excluding hydrogens is 174 g/mol. The van der Waals surface area contributed by atoms with Crippen molar-refractivity contribution < 1.29 is 4.84 Å². The first-order valence-corrected chi connectivity index (χ1v) is 5.46. The normalized spacial score (nSPS) is 11.5. The Morgan fingerprint density at radius 3 is 2.50 bits per heavy atom. The molecule has 0 bridgehead atoms. The minimum Gasteiger partial charge on any atom is -0.396 e. The zero-order valence-corrected chi connectivity index (χ0v) is 9.81. The van der Waals surface area contributed by atoms with E-state index in [1.807, 2.05) is 6.92 Å². The van der Waals surface area contributed by atoms with Gasteiger partial charge in [0.25, 0.3) is 0 Å². The largest absolute Gasteiger partial charge is 0.396 e. The Bertz CT molecular complexity index is 185. The fourth-order valence-electron chi connectivity index (χ4n) is 0.991. The second-order valence-electron chi connectivity index (χ2n) is 3.78. The van der Waals surface area contributed by atoms with Crippen LogP contribution in [-0.4, -0.2) is 12.3 Å². The Morgan fingerprint density at radius 2 is 1.93 bits per heavy atom. The molecule has 2 nitrogen and oxygen atoms in total. The van der Waals surface area contributed by atoms with Gasteiger partial charge in [-0.15, -0.1) is 6.58 Å². The topological polar surface area (TPSA) is 21.6 Å². The third-order valence-corrected chi connectivity index (χ3v) is 2.07. The van der Waals surface area contributed by atoms with Crippen molar-refractivity contribution in [2.75, 3.05) is 6.61 Å². The maximum Gasteiger partial charge on any atom is 0.117 e. The minimum atomic E-state index is 0.744. The molecule has 0 saturated heterocycles. The first-order chi connectivity index (χ1) is 6.66. The summed E-state index contributed by atoms with van der Waals surface area (Å²) in [5.41, 5.74) is 2.33. The first-order valence-electron chi connectivity index (χ1n) is 5.46. The Morgan fingerprint density at radius 1 is 1.21 bits per heavy atom. The molecule has 82 valence electrons. The van der Waals surface area contributed by atoms with Gasteiger partial charge < -0.3 is 4.84 Å². The van der Waals surface area contributed by atoms with E-state index in [-0.39, 0.29) is 0 Å². The summed E-state index contributed by atoms with van der Waals surface area (Å²) >= 11 is 0. The summed E-state index contributed by atoms with van der Waals surface area (Å²) in [6.45, 7) is 10.8. The molecule has 0 aliphatic heterocycles. The molecule has 0 unspecified atom stereocenters. The van der Waals surface area contributed by atoms with Gasteiger partial charge in [0.2, 0.25) is 0 Å². The Balaban J connectivity index is 3.18. The van der Waals surface area contributed by atoms with Crippen molar-refractivity contribution in [3.63, 3.8) is 0 Å². The summed E-state index contributed by atoms with van der Waals surface area (Å²) in [5, 5.41) is 3.97. The van der Waals surface area contributed by atoms with E-state index in [4.69, 9.17) is 4.84 Å². The molecule has 0 aromatic rings. The van der Waals surface area contributed by atoms with E-state index in [0.29, 0.717) is 0 Å². The summed E-state index contributed by atoms with van der Waals surface area (Å²) in [5.74, 6) is 0. The first kappa shape index (κ1) is 13.2. The standard InChI is InChI=1S/C12H23NO/c1-5-12(4)13-14-10-8-6-7-9-11(2)3/h2,5-10H2,1,3-4H3/b13-12+. The van der Waals surface area contributed by atoms with Crippen molar-refractivity contribution >= 4 is 5.71 Å². The van der Waals surface area contributed by atoms with Gasteiger partial charge in [-0.2, -0.15) is 0 Å². The molecule has 0 N–H and O–H groups in total. The summed E-state index contributed by atoms with van der Waals surface area (Å²) in [6.07, 6.45) is 5.61. The van der Waals surface area contributed by atoms with Crippen LogP contribution in [0.5, 0.6) is 0 Å². The van der Waals surface area contributed by atoms with Crippen molar-refractivity contribution in [2.45, 2.75) is 52.9 Å². The summed E-state index contributed by atoms with van der Waals surface area (Å²) in [4.78, 5) is 5.16. The lowest BCUT2D eigenvalue weighted by molar-refractivity contribution is 0.139. The maximum atomic E-state index is 5.16. The van der Waals surface area contributed by atoms with Crippen molar-refractivity contribution in [2.24, 2.45) is 5.16 Å². The molecule has 0 amide bonds. The molecule has 0 atom stereocenters. The lowest BCUT2D eigenvalue weighted by atomic mass is 10.1. The monoisotopic (exact) mass is 197 g/mol. The van der Waals surface area contributed by atoms with Crippen LogP contribution in [-0.2, 0) is 4.84 Å². The lowest BCUT2D eigenvalue weighted by Gasteiger charge is -2.01. The Labute approximate surface area is 88.0 Å². The van der Waals surface area contributed by atoms with Crippen molar-refractivity contribution in [1.82, 2.24) is 0 Å². The molecular formula is C12H23NO. The van der Waals surface area contributed by atoms with E-state index in [2.05, 4.69) is 25.6 Å². The smallest absolute Gasteiger partial charge is 0.117 e. The quantitative estimate of drug-likeness (QED) is 0.250. The number of rotatable bonds is 8. The lowest BCUT2D eigenvalue weighted by Crippen LogP contribution is -1.93. The molecule has 14 heavy (non-hydrogen) atoms. The predicted octanol–water partition coefficient (Wildman–Crippen LogP) is 3.93. The van der Waals surface area contributed by atoms with Crippen LogP contribution in [0.3, 0.4) is 0 Å². The van der Waals surface area contributed by atoms with Crippen LogP contribution < -0.4 is 0 Å². The van der Waals surface area contributed by atoms with Gasteiger partial charge in [0.15, 0.2) is 0 Å². The van der Waals surface area contributed by atoms with Crippen molar-refractivity contribution in [3.8, 4) is 0 Å². The van der Waals surface area contributed by atoms with Gasteiger partial charge in [-0.1, -0.05) is 17.7 Å². The van der Waals surface area contributed by atoms with Gasteiger partial charge in [0, 0.05) is 0 Å². The highest BCUT2D eigenvalue weighted by atomic mass is 16.6. The van der Waals surface area contributed by atoms with Crippen LogP contribution in [0.15, 0.2) is 17.3 Å². The van der Waals surface area contributed by atoms with Crippen LogP contribution in [0.4, 0.5) is 0 Å². The zero-order valence-electron chi connectivity index (χ0n) is 9.81. The molecule has 0 spiro atoms. The Kier molecular flexibility index (Phi) is 8.30. The van der Waals surface area contributed by atoms with E-state index in [1.165, 1.54) is 18.4 Å². The van der Waals surface area contributed by atoms with E-state index in [1.54, 1.807) is 0 Å². The SMILES string of the molecule is C=C(C)CCCCCO/N=C(\C)CC. The van der Waals surface area contributed by atoms with Gasteiger partial charge >= 0.3 is 0 Å². The van der Waals surface area contributed by atoms with Crippen LogP contribution in [0.2, 0.25) is 0 Å². The highest BCUT2D eigenvalue weighted by Gasteiger charge is 1.91. The Hall–Kier alpha value is -0.790. The molecule has 0 rings (SSSR count). The van der Waals surface area contributed by atoms with Crippen LogP contribution in [0, 0.1) is 0 Å². The number of hydrogen-bond acceptors (Lipinski definition) is 2. The molecule has 0 aromatic heterocycles. The predicted molar refractivity (Wildman–Crippen MR) is 62.6 cm³/mol. The molecule has 0 radical (unpaired) electrons. The number of unbranched alkanes of at least 4 members (excludes halogenated alkanes) is 2. The fraction of sp³-hybridized carbons (Fsp3) is 0.750. The molecule has 0 aromatic carbocycles. The fourth-order valence-corrected chi connectivity index (χ4v) is 0.991. The second kappa shape index (κ2) is 8.79. The minimum absolute atomic E-state index is 0.744. The van der Waals surface area contributed by atoms with Gasteiger partial charge in [0.1, 0.15) is 6.61 Å². The summed E-state index contributed by atoms with van der Waals surface area (Å²) < 4.78 is 0. The number of hydrogen-bond donors (Lipinski definition) is 0. The summed E-state index contributed by atoms with van der Waals surface area (Å²) in [6, 6.07) is 0. The third-order valence-electron chi connectivity index (χ3n) is 2.07. The average Bonchev–Trinajstić information content (AvgIpc) is 2.15. The molecule has 0 heterocycles. The van der Waals surface area contributed by atoms with E-state index in [0.717, 1.165) is 31.6 Å². The van der Waals surface area contributed by atoms with Gasteiger partial charge in [-0.3, -0.25) is 0 Å². The third kappa shape index (κ3) is 9.30. The van der Waals surface area contributed by atoms with Crippen LogP contribution in [0.1, 0.15) is 52.9 Å². The highest BCUT2D eigenvalue weighted by molar-refractivity contribution is 5.80. The molecule has 0 saturated carbocycles. The number of nitrogens with zero attached hydrogens (tertiary/aromatic N) is 1. The molecule has 0 aliphatic carbocycles. The van der Waals surface area contributed by atoms with Crippen molar-refractivity contribution in [3.05, 3.63) is 12.2 Å². The second-order valence-corrected chi connectivity index (χ2v) is 3.78. The highest BCUT2D eigenvalue weighted by Crippen LogP contribution is 2.06. The van der Waals surface area contributed by atoms with Gasteiger partial charge in [-0.05, 0) is 46.0 Å². The van der Waals surface area contributed by atoms with Gasteiger partial charge in [0.05, 0.1) is 5.71 Å². The van der Waals surface area contributed by atoms with Gasteiger partial charge in [-0.25, -0.2) is 0 Å². The molecule has 2 heteroatoms. The number of oxime groups is 1. The van der Waals surface area contributed by atoms with Crippen LogP contribution in [0.25, 0.3) is 0 Å². The van der Waals surface area contributed by atoms with Crippen molar-refractivity contribution in [1.29, 1.82) is 0 Å². The average molecular weight is 197 g/mol. The van der Waals surface area contributed by atoms with E-state index in [9.17, 15) is 0 Å². The molecule has 0 aliphatic rings. The van der Waals surface area contributed by atoms with E-state index < -0.39 is 0 Å². The molecule has 0 fully saturated rings. The number of allylic oxidation sites excluding steroid dienone is 1. The maximum absolute atomic E-state index is 5.16. The zero-order chi connectivity index (χ0) is 10.8. The van der Waals surface area contributed by atoms with E-state index >= 15 is 0 Å².